The Hall–Kier alpha value is -3.19. The normalized spacial score (nSPS) is 11.9. The van der Waals surface area contributed by atoms with E-state index in [1.54, 1.807) is 0 Å². The third kappa shape index (κ3) is 3.36. The number of nitrogens with one attached hydrogen (secondary N) is 1. The number of para-hydroxylation sites is 1. The van der Waals surface area contributed by atoms with E-state index in [0.29, 0.717) is 23.0 Å². The second-order valence-corrected chi connectivity index (χ2v) is 7.35. The Morgan fingerprint density at radius 2 is 1.96 bits per heavy atom. The highest BCUT2D eigenvalue weighted by molar-refractivity contribution is 7.20. The molecule has 28 heavy (non-hydrogen) atoms. The molecule has 1 N–H and O–H groups in total. The summed E-state index contributed by atoms with van der Waals surface area (Å²) in [5, 5.41) is 3.75. The highest BCUT2D eigenvalue weighted by Gasteiger charge is 2.17. The van der Waals surface area contributed by atoms with Gasteiger partial charge in [0.1, 0.15) is 5.75 Å². The van der Waals surface area contributed by atoms with Crippen molar-refractivity contribution in [3.63, 3.8) is 0 Å². The fourth-order valence-electron chi connectivity index (χ4n) is 3.10. The van der Waals surface area contributed by atoms with E-state index in [4.69, 9.17) is 4.74 Å². The number of benzene rings is 2. The number of aromatic amines is 1. The van der Waals surface area contributed by atoms with Crippen molar-refractivity contribution in [2.24, 2.45) is 4.99 Å². The van der Waals surface area contributed by atoms with Crippen LogP contribution in [0.1, 0.15) is 25.1 Å². The zero-order valence-electron chi connectivity index (χ0n) is 15.9. The molecule has 0 fully saturated rings. The molecule has 0 atom stereocenters. The van der Waals surface area contributed by atoms with E-state index in [9.17, 15) is 4.79 Å². The molecule has 0 spiro atoms. The molecule has 6 nitrogen and oxygen atoms in total. The largest absolute Gasteiger partial charge is 0.494 e. The average Bonchev–Trinajstić information content (AvgIpc) is 3.24. The van der Waals surface area contributed by atoms with Crippen LogP contribution in [0.5, 0.6) is 5.75 Å². The maximum Gasteiger partial charge on any atom is 0.282 e. The van der Waals surface area contributed by atoms with Crippen LogP contribution >= 0.6 is 11.3 Å². The van der Waals surface area contributed by atoms with Gasteiger partial charge in [-0.2, -0.15) is 4.68 Å². The molecule has 0 saturated heterocycles. The van der Waals surface area contributed by atoms with E-state index in [2.05, 4.69) is 15.1 Å². The predicted molar refractivity (Wildman–Crippen MR) is 114 cm³/mol. The Kier molecular flexibility index (Phi) is 4.83. The molecule has 7 heteroatoms. The molecular weight excluding hydrogens is 372 g/mol. The van der Waals surface area contributed by atoms with Crippen molar-refractivity contribution >= 4 is 33.0 Å². The number of rotatable bonds is 5. The number of aryl methyl sites for hydroxylation is 1. The summed E-state index contributed by atoms with van der Waals surface area (Å²) in [5.74, 6) is 0.801. The van der Waals surface area contributed by atoms with Crippen molar-refractivity contribution < 1.29 is 4.74 Å². The van der Waals surface area contributed by atoms with Crippen molar-refractivity contribution in [2.45, 2.75) is 20.8 Å². The maximum absolute atomic E-state index is 13.0. The summed E-state index contributed by atoms with van der Waals surface area (Å²) >= 11 is 1.48. The van der Waals surface area contributed by atoms with Gasteiger partial charge in [0.15, 0.2) is 0 Å². The first-order valence-corrected chi connectivity index (χ1v) is 9.84. The monoisotopic (exact) mass is 392 g/mol. The zero-order valence-corrected chi connectivity index (χ0v) is 16.7. The van der Waals surface area contributed by atoms with Gasteiger partial charge in [-0.15, -0.1) is 0 Å². The summed E-state index contributed by atoms with van der Waals surface area (Å²) in [6.07, 6.45) is 0. The van der Waals surface area contributed by atoms with Gasteiger partial charge in [0.25, 0.3) is 5.56 Å². The molecule has 4 aromatic rings. The van der Waals surface area contributed by atoms with E-state index >= 15 is 0 Å². The smallest absolute Gasteiger partial charge is 0.282 e. The van der Waals surface area contributed by atoms with Crippen molar-refractivity contribution in [2.75, 3.05) is 6.61 Å². The lowest BCUT2D eigenvalue weighted by Crippen LogP contribution is -2.19. The first-order valence-electron chi connectivity index (χ1n) is 9.03. The summed E-state index contributed by atoms with van der Waals surface area (Å²) in [6, 6.07) is 15.3. The lowest BCUT2D eigenvalue weighted by atomic mass is 10.2. The first kappa shape index (κ1) is 18.2. The van der Waals surface area contributed by atoms with Crippen molar-refractivity contribution in [1.82, 2.24) is 14.8 Å². The van der Waals surface area contributed by atoms with Crippen LogP contribution in [0.25, 0.3) is 15.3 Å². The number of ether oxygens (including phenoxy) is 1. The summed E-state index contributed by atoms with van der Waals surface area (Å²) < 4.78 is 7.99. The average molecular weight is 392 g/mol. The molecule has 0 amide bonds. The molecule has 142 valence electrons. The zero-order chi connectivity index (χ0) is 19.7. The standard InChI is InChI=1S/C21H20N4O2S/c1-4-27-16-11-9-15(10-12-16)22-13(2)19-14(3)24-25(20(19)26)21-23-17-7-5-6-8-18(17)28-21/h5-12,24H,4H2,1-3H3. The van der Waals surface area contributed by atoms with Crippen LogP contribution in [0, 0.1) is 6.92 Å². The number of thiazole rings is 1. The molecule has 0 bridgehead atoms. The minimum absolute atomic E-state index is 0.149. The van der Waals surface area contributed by atoms with Gasteiger partial charge in [-0.1, -0.05) is 23.5 Å². The Morgan fingerprint density at radius 1 is 1.21 bits per heavy atom. The molecule has 0 saturated carbocycles. The van der Waals surface area contributed by atoms with Crippen molar-refractivity contribution in [1.29, 1.82) is 0 Å². The molecular formula is C21H20N4O2S. The van der Waals surface area contributed by atoms with E-state index in [-0.39, 0.29) is 5.56 Å². The SMILES string of the molecule is CCOc1ccc(N=C(C)c2c(C)[nH]n(-c3nc4ccccc4s3)c2=O)cc1. The van der Waals surface area contributed by atoms with Crippen LogP contribution in [-0.4, -0.2) is 27.1 Å². The quantitative estimate of drug-likeness (QED) is 0.504. The maximum atomic E-state index is 13.0. The lowest BCUT2D eigenvalue weighted by molar-refractivity contribution is 0.340. The summed E-state index contributed by atoms with van der Waals surface area (Å²) in [5.41, 5.74) is 3.48. The molecule has 0 radical (unpaired) electrons. The van der Waals surface area contributed by atoms with Gasteiger partial charge in [0.2, 0.25) is 5.13 Å². The minimum Gasteiger partial charge on any atom is -0.494 e. The van der Waals surface area contributed by atoms with Crippen LogP contribution in [0.4, 0.5) is 5.69 Å². The van der Waals surface area contributed by atoms with Gasteiger partial charge in [-0.3, -0.25) is 14.9 Å². The lowest BCUT2D eigenvalue weighted by Gasteiger charge is -2.03. The van der Waals surface area contributed by atoms with Gasteiger partial charge in [-0.25, -0.2) is 4.98 Å². The Balaban J connectivity index is 1.71. The van der Waals surface area contributed by atoms with Crippen molar-refractivity contribution in [3.05, 3.63) is 70.1 Å². The third-order valence-electron chi connectivity index (χ3n) is 4.35. The minimum atomic E-state index is -0.149. The Morgan fingerprint density at radius 3 is 2.68 bits per heavy atom. The van der Waals surface area contributed by atoms with Crippen LogP contribution in [-0.2, 0) is 0 Å². The van der Waals surface area contributed by atoms with Crippen LogP contribution in [0.3, 0.4) is 0 Å². The number of nitrogens with zero attached hydrogens (tertiary/aromatic N) is 3. The predicted octanol–water partition coefficient (Wildman–Crippen LogP) is 4.62. The molecule has 4 rings (SSSR count). The topological polar surface area (TPSA) is 72.3 Å². The fraction of sp³-hybridized carbons (Fsp3) is 0.190. The molecule has 2 aromatic carbocycles. The van der Waals surface area contributed by atoms with Gasteiger partial charge >= 0.3 is 0 Å². The van der Waals surface area contributed by atoms with E-state index in [0.717, 1.165) is 27.3 Å². The molecule has 2 heterocycles. The van der Waals surface area contributed by atoms with E-state index < -0.39 is 0 Å². The summed E-state index contributed by atoms with van der Waals surface area (Å²) in [7, 11) is 0. The summed E-state index contributed by atoms with van der Waals surface area (Å²) in [4.78, 5) is 22.2. The van der Waals surface area contributed by atoms with Crippen LogP contribution in [0.2, 0.25) is 0 Å². The highest BCUT2D eigenvalue weighted by atomic mass is 32.1. The second kappa shape index (κ2) is 7.44. The van der Waals surface area contributed by atoms with Crippen LogP contribution in [0.15, 0.2) is 58.3 Å². The van der Waals surface area contributed by atoms with Gasteiger partial charge in [0, 0.05) is 5.69 Å². The number of fused-ring (bicyclic) bond motifs is 1. The molecule has 0 aliphatic heterocycles. The molecule has 0 aliphatic carbocycles. The summed E-state index contributed by atoms with van der Waals surface area (Å²) in [6.45, 7) is 6.28. The van der Waals surface area contributed by atoms with Crippen LogP contribution < -0.4 is 10.3 Å². The number of hydrogen-bond acceptors (Lipinski definition) is 5. The number of hydrogen-bond donors (Lipinski definition) is 1. The number of H-pyrrole nitrogens is 1. The molecule has 0 unspecified atom stereocenters. The first-order chi connectivity index (χ1) is 13.6. The van der Waals surface area contributed by atoms with E-state index in [1.165, 1.54) is 16.0 Å². The number of aromatic nitrogens is 3. The fourth-order valence-corrected chi connectivity index (χ4v) is 4.02. The van der Waals surface area contributed by atoms with Gasteiger partial charge < -0.3 is 4.74 Å². The van der Waals surface area contributed by atoms with Gasteiger partial charge in [0.05, 0.1) is 33.8 Å². The van der Waals surface area contributed by atoms with E-state index in [1.807, 2.05) is 69.3 Å². The molecule has 0 aliphatic rings. The molecule has 2 aromatic heterocycles. The van der Waals surface area contributed by atoms with Gasteiger partial charge in [-0.05, 0) is 57.2 Å². The highest BCUT2D eigenvalue weighted by Crippen LogP contribution is 2.24. The number of aliphatic imine (C=N–C) groups is 1. The Bertz CT molecular complexity index is 1180. The van der Waals surface area contributed by atoms with Crippen molar-refractivity contribution in [3.8, 4) is 10.9 Å². The second-order valence-electron chi connectivity index (χ2n) is 6.34. The Labute approximate surface area is 166 Å². The third-order valence-corrected chi connectivity index (χ3v) is 5.37.